The summed E-state index contributed by atoms with van der Waals surface area (Å²) in [5, 5.41) is 7.95. The molecule has 0 aliphatic carbocycles. The van der Waals surface area contributed by atoms with E-state index in [1.54, 1.807) is 12.1 Å². The van der Waals surface area contributed by atoms with Crippen LogP contribution in [0.2, 0.25) is 5.02 Å². The van der Waals surface area contributed by atoms with Crippen molar-refractivity contribution in [3.8, 4) is 0 Å². The highest BCUT2D eigenvalue weighted by molar-refractivity contribution is 8.15. The predicted octanol–water partition coefficient (Wildman–Crippen LogP) is 1.39. The number of hydrazone groups is 1. The molecule has 4 amide bonds. The Morgan fingerprint density at radius 2 is 1.88 bits per heavy atom. The minimum Gasteiger partial charge on any atom is -0.304 e. The van der Waals surface area contributed by atoms with E-state index in [0.29, 0.717) is 16.3 Å². The molecule has 1 aromatic carbocycles. The van der Waals surface area contributed by atoms with Gasteiger partial charge in [-0.25, -0.2) is 4.90 Å². The Kier molecular flexibility index (Phi) is 4.08. The highest BCUT2D eigenvalue weighted by atomic mass is 35.5. The number of halogens is 1. The first-order valence-corrected chi connectivity index (χ1v) is 8.39. The summed E-state index contributed by atoms with van der Waals surface area (Å²) in [5.74, 6) is -2.05. The number of fused-ring (bicyclic) bond motifs is 2. The second-order valence-corrected chi connectivity index (χ2v) is 7.10. The molecule has 2 aliphatic heterocycles. The maximum atomic E-state index is 13.1. The van der Waals surface area contributed by atoms with Gasteiger partial charge >= 0.3 is 0 Å². The second kappa shape index (κ2) is 5.85. The van der Waals surface area contributed by atoms with Crippen LogP contribution in [-0.4, -0.2) is 33.8 Å². The van der Waals surface area contributed by atoms with Crippen molar-refractivity contribution in [2.24, 2.45) is 5.10 Å². The summed E-state index contributed by atoms with van der Waals surface area (Å²) in [5.41, 5.74) is 0.699. The number of carbonyl (C=O) groups is 4. The minimum atomic E-state index is -1.62. The quantitative estimate of drug-likeness (QED) is 0.733. The molecule has 0 saturated carbocycles. The van der Waals surface area contributed by atoms with E-state index in [4.69, 9.17) is 11.6 Å². The van der Waals surface area contributed by atoms with Crippen LogP contribution in [0.25, 0.3) is 0 Å². The van der Waals surface area contributed by atoms with E-state index in [1.807, 2.05) is 0 Å². The van der Waals surface area contributed by atoms with Crippen molar-refractivity contribution in [2.75, 3.05) is 4.90 Å². The summed E-state index contributed by atoms with van der Waals surface area (Å²) in [6.45, 7) is 3.79. The van der Waals surface area contributed by atoms with E-state index in [2.05, 4.69) is 10.4 Å². The van der Waals surface area contributed by atoms with E-state index in [9.17, 15) is 19.2 Å². The normalized spacial score (nSPS) is 21.4. The van der Waals surface area contributed by atoms with Crippen LogP contribution >= 0.6 is 23.4 Å². The number of imide groups is 1. The minimum absolute atomic E-state index is 0.0902. The Morgan fingerprint density at radius 3 is 2.44 bits per heavy atom. The number of anilines is 1. The molecule has 1 N–H and O–H groups in total. The molecule has 3 rings (SSSR count). The van der Waals surface area contributed by atoms with Crippen LogP contribution in [0.3, 0.4) is 0 Å². The van der Waals surface area contributed by atoms with Gasteiger partial charge in [0.15, 0.2) is 5.17 Å². The molecule has 0 radical (unpaired) electrons. The molecule has 25 heavy (non-hydrogen) atoms. The molecule has 0 aromatic heterocycles. The molecule has 10 heteroatoms. The first kappa shape index (κ1) is 17.4. The maximum Gasteiger partial charge on any atom is 0.277 e. The van der Waals surface area contributed by atoms with Crippen molar-refractivity contribution in [1.82, 2.24) is 10.3 Å². The maximum absolute atomic E-state index is 13.1. The highest BCUT2D eigenvalue weighted by Crippen LogP contribution is 2.54. The van der Waals surface area contributed by atoms with Crippen molar-refractivity contribution >= 4 is 57.8 Å². The van der Waals surface area contributed by atoms with Crippen LogP contribution in [0, 0.1) is 0 Å². The molecule has 8 nitrogen and oxygen atoms in total. The van der Waals surface area contributed by atoms with E-state index in [-0.39, 0.29) is 5.17 Å². The van der Waals surface area contributed by atoms with Gasteiger partial charge in [0, 0.05) is 31.4 Å². The molecule has 0 fully saturated rings. The fourth-order valence-corrected chi connectivity index (χ4v) is 4.30. The first-order chi connectivity index (χ1) is 11.7. The fraction of sp³-hybridized carbons (Fsp3) is 0.267. The zero-order valence-corrected chi connectivity index (χ0v) is 15.1. The van der Waals surface area contributed by atoms with Crippen LogP contribution in [-0.2, 0) is 24.0 Å². The zero-order valence-electron chi connectivity index (χ0n) is 13.5. The summed E-state index contributed by atoms with van der Waals surface area (Å²) >= 11 is 6.96. The van der Waals surface area contributed by atoms with Crippen LogP contribution in [0.1, 0.15) is 26.3 Å². The van der Waals surface area contributed by atoms with Crippen LogP contribution < -0.4 is 10.2 Å². The lowest BCUT2D eigenvalue weighted by molar-refractivity contribution is -0.140. The standard InChI is InChI=1S/C15H13ClN4O4S/c1-7(21)17-14-18-20(9(3)23)15(25-14)11-6-10(16)4-5-12(11)19(8(2)22)13(15)24/h4-6H,1-3H3,(H,17,18,21). The SMILES string of the molecule is CC(=O)NC1=NN(C(C)=O)C2(S1)C(=O)N(C(C)=O)c1ccc(Cl)cc12. The largest absolute Gasteiger partial charge is 0.304 e. The number of hydrogen-bond acceptors (Lipinski definition) is 6. The molecular weight excluding hydrogens is 368 g/mol. The van der Waals surface area contributed by atoms with Crippen molar-refractivity contribution in [1.29, 1.82) is 0 Å². The Bertz CT molecular complexity index is 871. The topological polar surface area (TPSA) is 99.2 Å². The van der Waals surface area contributed by atoms with Gasteiger partial charge in [0.05, 0.1) is 5.69 Å². The molecule has 1 aromatic rings. The van der Waals surface area contributed by atoms with Crippen molar-refractivity contribution in [2.45, 2.75) is 25.6 Å². The molecule has 130 valence electrons. The first-order valence-electron chi connectivity index (χ1n) is 7.19. The van der Waals surface area contributed by atoms with Gasteiger partial charge in [-0.15, -0.1) is 5.10 Å². The van der Waals surface area contributed by atoms with Gasteiger partial charge in [0.25, 0.3) is 5.91 Å². The van der Waals surface area contributed by atoms with E-state index >= 15 is 0 Å². The number of nitrogens with one attached hydrogen (secondary N) is 1. The smallest absolute Gasteiger partial charge is 0.277 e. The second-order valence-electron chi connectivity index (χ2n) is 5.48. The lowest BCUT2D eigenvalue weighted by Crippen LogP contribution is -2.49. The third-order valence-corrected chi connectivity index (χ3v) is 5.16. The molecule has 1 spiro atoms. The van der Waals surface area contributed by atoms with Crippen molar-refractivity contribution < 1.29 is 19.2 Å². The van der Waals surface area contributed by atoms with Gasteiger partial charge in [0.2, 0.25) is 22.6 Å². The van der Waals surface area contributed by atoms with Crippen molar-refractivity contribution in [3.05, 3.63) is 28.8 Å². The molecule has 0 bridgehead atoms. The van der Waals surface area contributed by atoms with Gasteiger partial charge in [-0.05, 0) is 30.0 Å². The Hall–Kier alpha value is -2.39. The number of benzene rings is 1. The molecule has 1 unspecified atom stereocenters. The number of thioether (sulfide) groups is 1. The number of rotatable bonds is 0. The summed E-state index contributed by atoms with van der Waals surface area (Å²) < 4.78 is 0. The lowest BCUT2D eigenvalue weighted by atomic mass is 10.1. The monoisotopic (exact) mass is 380 g/mol. The van der Waals surface area contributed by atoms with Gasteiger partial charge in [-0.2, -0.15) is 5.01 Å². The summed E-state index contributed by atoms with van der Waals surface area (Å²) in [7, 11) is 0. The molecule has 1 atom stereocenters. The van der Waals surface area contributed by atoms with Gasteiger partial charge in [-0.3, -0.25) is 19.2 Å². The number of carbonyl (C=O) groups excluding carboxylic acids is 4. The zero-order chi connectivity index (χ0) is 18.5. The summed E-state index contributed by atoms with van der Waals surface area (Å²) in [4.78, 5) is 48.1. The number of hydrogen-bond donors (Lipinski definition) is 1. The Balaban J connectivity index is 2.22. The predicted molar refractivity (Wildman–Crippen MR) is 92.7 cm³/mol. The van der Waals surface area contributed by atoms with E-state index in [0.717, 1.165) is 21.7 Å². The van der Waals surface area contributed by atoms with Gasteiger partial charge < -0.3 is 5.32 Å². The number of nitrogens with zero attached hydrogens (tertiary/aromatic N) is 3. The molecule has 2 aliphatic rings. The third-order valence-electron chi connectivity index (χ3n) is 3.69. The third kappa shape index (κ3) is 2.50. The number of amidine groups is 1. The highest BCUT2D eigenvalue weighted by Gasteiger charge is 2.62. The number of amides is 4. The Morgan fingerprint density at radius 1 is 1.20 bits per heavy atom. The summed E-state index contributed by atoms with van der Waals surface area (Å²) in [6, 6.07) is 4.61. The molecular formula is C15H13ClN4O4S. The fourth-order valence-electron chi connectivity index (χ4n) is 2.82. The van der Waals surface area contributed by atoms with Crippen LogP contribution in [0.5, 0.6) is 0 Å². The summed E-state index contributed by atoms with van der Waals surface area (Å²) in [6.07, 6.45) is 0. The average Bonchev–Trinajstić information content (AvgIpc) is 2.98. The van der Waals surface area contributed by atoms with Gasteiger partial charge in [-0.1, -0.05) is 11.6 Å². The molecule has 0 saturated heterocycles. The van der Waals surface area contributed by atoms with Gasteiger partial charge in [0.1, 0.15) is 0 Å². The lowest BCUT2D eigenvalue weighted by Gasteiger charge is -2.29. The Labute approximate surface area is 152 Å². The van der Waals surface area contributed by atoms with E-state index in [1.165, 1.54) is 26.8 Å². The van der Waals surface area contributed by atoms with E-state index < -0.39 is 28.5 Å². The van der Waals surface area contributed by atoms with Crippen molar-refractivity contribution in [3.63, 3.8) is 0 Å². The van der Waals surface area contributed by atoms with Crippen LogP contribution in [0.4, 0.5) is 5.69 Å². The average molecular weight is 381 g/mol. The van der Waals surface area contributed by atoms with Crippen LogP contribution in [0.15, 0.2) is 23.3 Å². The molecule has 2 heterocycles.